The third kappa shape index (κ3) is 3.95. The summed E-state index contributed by atoms with van der Waals surface area (Å²) in [6.07, 6.45) is 1.66. The van der Waals surface area contributed by atoms with Gasteiger partial charge in [-0.25, -0.2) is 4.98 Å². The Morgan fingerprint density at radius 3 is 2.96 bits per heavy atom. The number of rotatable bonds is 6. The molecule has 4 rings (SSSR count). The predicted molar refractivity (Wildman–Crippen MR) is 109 cm³/mol. The number of phenolic OH excluding ortho intramolecular Hbond substituents is 1. The van der Waals surface area contributed by atoms with Crippen molar-refractivity contribution < 1.29 is 14.3 Å². The maximum absolute atomic E-state index is 10.1. The quantitative estimate of drug-likeness (QED) is 0.602. The number of nitrogens with zero attached hydrogens (tertiary/aromatic N) is 2. The lowest BCUT2D eigenvalue weighted by atomic mass is 10.1. The molecule has 1 aliphatic heterocycles. The highest BCUT2D eigenvalue weighted by Gasteiger charge is 2.15. The largest absolute Gasteiger partial charge is 0.508 e. The fourth-order valence-electron chi connectivity index (χ4n) is 3.29. The summed E-state index contributed by atoms with van der Waals surface area (Å²) in [5, 5.41) is 16.7. The van der Waals surface area contributed by atoms with Gasteiger partial charge in [0.2, 0.25) is 0 Å². The number of hydrogen-bond donors (Lipinski definition) is 3. The number of ether oxygens (including phenoxy) is 1. The first kappa shape index (κ1) is 18.3. The first-order valence-corrected chi connectivity index (χ1v) is 9.24. The summed E-state index contributed by atoms with van der Waals surface area (Å²) in [4.78, 5) is 6.51. The molecule has 7 heteroatoms. The zero-order valence-corrected chi connectivity index (χ0v) is 16.0. The number of methoxy groups -OCH3 is 1. The number of benzene rings is 2. The van der Waals surface area contributed by atoms with Crippen LogP contribution in [0.15, 0.2) is 47.0 Å². The van der Waals surface area contributed by atoms with Crippen LogP contribution in [0.3, 0.4) is 0 Å². The molecule has 28 heavy (non-hydrogen) atoms. The van der Waals surface area contributed by atoms with E-state index >= 15 is 0 Å². The average Bonchev–Trinajstić information content (AvgIpc) is 3.36. The summed E-state index contributed by atoms with van der Waals surface area (Å²) in [7, 11) is 1.68. The van der Waals surface area contributed by atoms with Gasteiger partial charge in [0, 0.05) is 43.2 Å². The molecule has 3 aromatic rings. The van der Waals surface area contributed by atoms with Crippen LogP contribution in [-0.2, 0) is 11.3 Å². The van der Waals surface area contributed by atoms with Gasteiger partial charge in [-0.1, -0.05) is 12.1 Å². The van der Waals surface area contributed by atoms with Gasteiger partial charge in [-0.05, 0) is 36.2 Å². The van der Waals surface area contributed by atoms with Gasteiger partial charge < -0.3 is 24.5 Å². The van der Waals surface area contributed by atoms with Crippen LogP contribution in [0.5, 0.6) is 5.75 Å². The third-order valence-corrected chi connectivity index (χ3v) is 4.77. The van der Waals surface area contributed by atoms with E-state index in [9.17, 15) is 5.11 Å². The molecule has 0 aliphatic carbocycles. The molecule has 0 atom stereocenters. The van der Waals surface area contributed by atoms with E-state index in [1.54, 1.807) is 25.4 Å². The van der Waals surface area contributed by atoms with Crippen LogP contribution in [0, 0.1) is 6.92 Å². The molecule has 3 N–H and O–H groups in total. The molecule has 0 spiro atoms. The van der Waals surface area contributed by atoms with Crippen LogP contribution in [-0.4, -0.2) is 37.0 Å². The van der Waals surface area contributed by atoms with Crippen LogP contribution in [0.2, 0.25) is 0 Å². The third-order valence-electron chi connectivity index (χ3n) is 4.77. The minimum atomic E-state index is 0.202. The van der Waals surface area contributed by atoms with E-state index < -0.39 is 0 Å². The van der Waals surface area contributed by atoms with Crippen LogP contribution >= 0.6 is 0 Å². The fourth-order valence-corrected chi connectivity index (χ4v) is 3.29. The van der Waals surface area contributed by atoms with Gasteiger partial charge in [0.05, 0.1) is 19.5 Å². The molecule has 0 radical (unpaired) electrons. The van der Waals surface area contributed by atoms with Gasteiger partial charge in [0.1, 0.15) is 5.75 Å². The average molecular weight is 380 g/mol. The maximum Gasteiger partial charge on any atom is 0.299 e. The number of aromatic hydroxyl groups is 1. The van der Waals surface area contributed by atoms with Crippen molar-refractivity contribution in [3.8, 4) is 17.1 Å². The monoisotopic (exact) mass is 380 g/mol. The number of hydrogen-bond acceptors (Lipinski definition) is 7. The van der Waals surface area contributed by atoms with Gasteiger partial charge in [-0.2, -0.15) is 0 Å². The Bertz CT molecular complexity index is 964. The molecule has 1 saturated heterocycles. The van der Waals surface area contributed by atoms with E-state index in [0.717, 1.165) is 47.8 Å². The Morgan fingerprint density at radius 2 is 2.18 bits per heavy atom. The summed E-state index contributed by atoms with van der Waals surface area (Å²) in [5.74, 6) is 0.797. The first-order valence-electron chi connectivity index (χ1n) is 9.24. The SMILES string of the molecule is COCc1ccc(C)c(Nc2ncc(-c3cc(O)cc(N4CCNC4)c3)o2)c1. The highest BCUT2D eigenvalue weighted by Crippen LogP contribution is 2.32. The highest BCUT2D eigenvalue weighted by molar-refractivity contribution is 5.68. The summed E-state index contributed by atoms with van der Waals surface area (Å²) in [6.45, 7) is 5.17. The summed E-state index contributed by atoms with van der Waals surface area (Å²) in [6, 6.07) is 11.9. The molecule has 2 aromatic carbocycles. The smallest absolute Gasteiger partial charge is 0.299 e. The molecule has 1 fully saturated rings. The summed E-state index contributed by atoms with van der Waals surface area (Å²) < 4.78 is 11.1. The lowest BCUT2D eigenvalue weighted by molar-refractivity contribution is 0.185. The molecule has 1 aromatic heterocycles. The molecule has 0 amide bonds. The zero-order chi connectivity index (χ0) is 19.5. The molecule has 7 nitrogen and oxygen atoms in total. The molecule has 0 saturated carbocycles. The standard InChI is InChI=1S/C21H24N4O3/c1-14-3-4-15(12-27-2)7-19(14)24-21-23-11-20(28-21)16-8-17(10-18(26)9-16)25-6-5-22-13-25/h3-4,7-11,22,26H,5-6,12-13H2,1-2H3,(H,23,24). The Kier molecular flexibility index (Phi) is 5.18. The zero-order valence-electron chi connectivity index (χ0n) is 16.0. The minimum Gasteiger partial charge on any atom is -0.508 e. The van der Waals surface area contributed by atoms with Gasteiger partial charge in [0.15, 0.2) is 5.76 Å². The summed E-state index contributed by atoms with van der Waals surface area (Å²) in [5.41, 5.74) is 4.81. The van der Waals surface area contributed by atoms with Crippen molar-refractivity contribution in [2.75, 3.05) is 37.1 Å². The van der Waals surface area contributed by atoms with E-state index in [2.05, 4.69) is 20.5 Å². The Morgan fingerprint density at radius 1 is 1.29 bits per heavy atom. The van der Waals surface area contributed by atoms with Gasteiger partial charge >= 0.3 is 0 Å². The van der Waals surface area contributed by atoms with Crippen molar-refractivity contribution in [3.05, 3.63) is 53.7 Å². The lowest BCUT2D eigenvalue weighted by Gasteiger charge is -2.17. The molecular weight excluding hydrogens is 356 g/mol. The van der Waals surface area contributed by atoms with Crippen molar-refractivity contribution in [1.29, 1.82) is 0 Å². The Hall–Kier alpha value is -3.03. The van der Waals surface area contributed by atoms with Crippen LogP contribution in [0.4, 0.5) is 17.4 Å². The second-order valence-electron chi connectivity index (χ2n) is 6.90. The van der Waals surface area contributed by atoms with Crippen LogP contribution in [0.1, 0.15) is 11.1 Å². The predicted octanol–water partition coefficient (Wildman–Crippen LogP) is 3.61. The van der Waals surface area contributed by atoms with E-state index in [-0.39, 0.29) is 5.75 Å². The first-order chi connectivity index (χ1) is 13.6. The molecule has 2 heterocycles. The fraction of sp³-hybridized carbons (Fsp3) is 0.286. The number of phenols is 1. The minimum absolute atomic E-state index is 0.202. The van der Waals surface area contributed by atoms with Crippen LogP contribution in [0.25, 0.3) is 11.3 Å². The van der Waals surface area contributed by atoms with Gasteiger partial charge in [0.25, 0.3) is 6.01 Å². The topological polar surface area (TPSA) is 82.8 Å². The van der Waals surface area contributed by atoms with E-state index in [1.165, 1.54) is 0 Å². The molecular formula is C21H24N4O3. The lowest BCUT2D eigenvalue weighted by Crippen LogP contribution is -2.20. The Labute approximate surface area is 164 Å². The summed E-state index contributed by atoms with van der Waals surface area (Å²) >= 11 is 0. The van der Waals surface area contributed by atoms with E-state index in [0.29, 0.717) is 18.4 Å². The highest BCUT2D eigenvalue weighted by atomic mass is 16.5. The molecule has 0 bridgehead atoms. The molecule has 0 unspecified atom stereocenters. The Balaban J connectivity index is 1.57. The maximum atomic E-state index is 10.1. The van der Waals surface area contributed by atoms with Crippen molar-refractivity contribution in [2.24, 2.45) is 0 Å². The molecule has 1 aliphatic rings. The van der Waals surface area contributed by atoms with Crippen molar-refractivity contribution in [1.82, 2.24) is 10.3 Å². The number of aromatic nitrogens is 1. The van der Waals surface area contributed by atoms with Crippen LogP contribution < -0.4 is 15.5 Å². The second kappa shape index (κ2) is 7.92. The van der Waals surface area contributed by atoms with Crippen molar-refractivity contribution in [3.63, 3.8) is 0 Å². The van der Waals surface area contributed by atoms with Crippen molar-refractivity contribution >= 4 is 17.4 Å². The van der Waals surface area contributed by atoms with E-state index in [4.69, 9.17) is 9.15 Å². The van der Waals surface area contributed by atoms with Crippen molar-refractivity contribution in [2.45, 2.75) is 13.5 Å². The number of aryl methyl sites for hydroxylation is 1. The van der Waals surface area contributed by atoms with E-state index in [1.807, 2.05) is 31.2 Å². The number of anilines is 3. The molecule has 146 valence electrons. The number of nitrogens with one attached hydrogen (secondary N) is 2. The normalized spacial score (nSPS) is 13.9. The second-order valence-corrected chi connectivity index (χ2v) is 6.90. The van der Waals surface area contributed by atoms with Gasteiger partial charge in [-0.3, -0.25) is 5.32 Å². The number of oxazole rings is 1. The van der Waals surface area contributed by atoms with Gasteiger partial charge in [-0.15, -0.1) is 0 Å².